The highest BCUT2D eigenvalue weighted by atomic mass is 19.1. The van der Waals surface area contributed by atoms with Gasteiger partial charge in [-0.3, -0.25) is 9.69 Å². The SMILES string of the molecule is CCOC(=O)N1c2cc(C)c(C)cc2N(C(=O)c2ccc(-c3cccc(F)c3)cc2)CC1CC. The molecule has 3 aromatic carbocycles. The fourth-order valence-electron chi connectivity index (χ4n) is 4.36. The van der Waals surface area contributed by atoms with Gasteiger partial charge in [0.2, 0.25) is 0 Å². The Morgan fingerprint density at radius 3 is 2.24 bits per heavy atom. The van der Waals surface area contributed by atoms with Gasteiger partial charge in [0.15, 0.2) is 0 Å². The average Bonchev–Trinajstić information content (AvgIpc) is 2.83. The molecular formula is C28H29FN2O3. The predicted molar refractivity (Wildman–Crippen MR) is 133 cm³/mol. The second-order valence-corrected chi connectivity index (χ2v) is 8.56. The maximum atomic E-state index is 13.7. The minimum absolute atomic E-state index is 0.141. The van der Waals surface area contributed by atoms with Gasteiger partial charge in [-0.25, -0.2) is 9.18 Å². The van der Waals surface area contributed by atoms with Crippen molar-refractivity contribution in [1.82, 2.24) is 0 Å². The van der Waals surface area contributed by atoms with Gasteiger partial charge < -0.3 is 9.64 Å². The molecule has 0 N–H and O–H groups in total. The standard InChI is InChI=1S/C28H29FN2O3/c1-5-24-17-30(25-14-18(3)19(4)15-26(25)31(24)28(33)34-6-2)27(32)21-12-10-20(11-13-21)22-8-7-9-23(29)16-22/h7-16,24H,5-6,17H2,1-4H3. The molecule has 3 aromatic rings. The molecule has 0 saturated heterocycles. The highest BCUT2D eigenvalue weighted by molar-refractivity contribution is 6.10. The molecular weight excluding hydrogens is 431 g/mol. The molecule has 1 aliphatic heterocycles. The van der Waals surface area contributed by atoms with Crippen LogP contribution in [0.4, 0.5) is 20.6 Å². The van der Waals surface area contributed by atoms with Gasteiger partial charge in [-0.2, -0.15) is 0 Å². The van der Waals surface area contributed by atoms with Crippen LogP contribution in [0.25, 0.3) is 11.1 Å². The normalized spacial score (nSPS) is 15.1. The molecule has 176 valence electrons. The zero-order chi connectivity index (χ0) is 24.4. The number of anilines is 2. The number of halogens is 1. The van der Waals surface area contributed by atoms with E-state index in [4.69, 9.17) is 4.74 Å². The highest BCUT2D eigenvalue weighted by Gasteiger charge is 2.37. The van der Waals surface area contributed by atoms with E-state index in [1.165, 1.54) is 12.1 Å². The first-order chi connectivity index (χ1) is 16.3. The molecule has 5 nitrogen and oxygen atoms in total. The Bertz CT molecular complexity index is 1220. The van der Waals surface area contributed by atoms with E-state index in [1.807, 2.05) is 51.1 Å². The van der Waals surface area contributed by atoms with Crippen LogP contribution in [0.15, 0.2) is 60.7 Å². The molecule has 0 bridgehead atoms. The Balaban J connectivity index is 1.72. The largest absolute Gasteiger partial charge is 0.449 e. The monoisotopic (exact) mass is 460 g/mol. The summed E-state index contributed by atoms with van der Waals surface area (Å²) in [6.45, 7) is 8.42. The number of benzene rings is 3. The number of ether oxygens (including phenoxy) is 1. The molecule has 2 amide bonds. The molecule has 0 saturated carbocycles. The Kier molecular flexibility index (Phi) is 6.68. The van der Waals surface area contributed by atoms with Crippen LogP contribution in [-0.2, 0) is 4.74 Å². The summed E-state index contributed by atoms with van der Waals surface area (Å²) in [5.41, 5.74) is 5.58. The van der Waals surface area contributed by atoms with Crippen molar-refractivity contribution in [3.05, 3.63) is 83.2 Å². The summed E-state index contributed by atoms with van der Waals surface area (Å²) in [6.07, 6.45) is 0.276. The number of amides is 2. The van der Waals surface area contributed by atoms with Gasteiger partial charge in [-0.15, -0.1) is 0 Å². The fourth-order valence-corrected chi connectivity index (χ4v) is 4.36. The fraction of sp³-hybridized carbons (Fsp3) is 0.286. The third-order valence-corrected chi connectivity index (χ3v) is 6.37. The lowest BCUT2D eigenvalue weighted by Gasteiger charge is -2.42. The van der Waals surface area contributed by atoms with Gasteiger partial charge >= 0.3 is 6.09 Å². The van der Waals surface area contributed by atoms with Crippen molar-refractivity contribution in [2.24, 2.45) is 0 Å². The molecule has 34 heavy (non-hydrogen) atoms. The van der Waals surface area contributed by atoms with Crippen molar-refractivity contribution in [3.63, 3.8) is 0 Å². The number of carbonyl (C=O) groups is 2. The first-order valence-electron chi connectivity index (χ1n) is 11.6. The summed E-state index contributed by atoms with van der Waals surface area (Å²) in [5.74, 6) is -0.442. The number of fused-ring (bicyclic) bond motifs is 1. The van der Waals surface area contributed by atoms with E-state index in [1.54, 1.807) is 34.9 Å². The molecule has 0 radical (unpaired) electrons. The quantitative estimate of drug-likeness (QED) is 0.446. The van der Waals surface area contributed by atoms with E-state index in [0.717, 1.165) is 22.3 Å². The van der Waals surface area contributed by atoms with E-state index < -0.39 is 6.09 Å². The molecule has 0 aromatic heterocycles. The van der Waals surface area contributed by atoms with Gasteiger partial charge in [0.05, 0.1) is 24.0 Å². The first-order valence-corrected chi connectivity index (χ1v) is 11.6. The summed E-state index contributed by atoms with van der Waals surface area (Å²) >= 11 is 0. The molecule has 1 atom stereocenters. The molecule has 1 unspecified atom stereocenters. The maximum Gasteiger partial charge on any atom is 0.414 e. The van der Waals surface area contributed by atoms with E-state index in [-0.39, 0.29) is 24.4 Å². The van der Waals surface area contributed by atoms with Crippen molar-refractivity contribution in [1.29, 1.82) is 0 Å². The van der Waals surface area contributed by atoms with Crippen molar-refractivity contribution < 1.29 is 18.7 Å². The molecule has 1 aliphatic rings. The number of hydrogen-bond donors (Lipinski definition) is 0. The Hall–Kier alpha value is -3.67. The summed E-state index contributed by atoms with van der Waals surface area (Å²) in [4.78, 5) is 29.9. The van der Waals surface area contributed by atoms with Crippen LogP contribution in [0.5, 0.6) is 0 Å². The van der Waals surface area contributed by atoms with Gasteiger partial charge in [-0.05, 0) is 85.8 Å². The lowest BCUT2D eigenvalue weighted by atomic mass is 9.99. The lowest BCUT2D eigenvalue weighted by molar-refractivity contribution is 0.0981. The number of hydrogen-bond acceptors (Lipinski definition) is 3. The van der Waals surface area contributed by atoms with E-state index in [0.29, 0.717) is 29.9 Å². The third-order valence-electron chi connectivity index (χ3n) is 6.37. The zero-order valence-electron chi connectivity index (χ0n) is 20.0. The summed E-state index contributed by atoms with van der Waals surface area (Å²) < 4.78 is 19.0. The van der Waals surface area contributed by atoms with Crippen LogP contribution in [0.3, 0.4) is 0 Å². The molecule has 0 aliphatic carbocycles. The van der Waals surface area contributed by atoms with Crippen LogP contribution in [0.2, 0.25) is 0 Å². The Labute approximate surface area is 199 Å². The Morgan fingerprint density at radius 2 is 1.62 bits per heavy atom. The predicted octanol–water partition coefficient (Wildman–Crippen LogP) is 6.51. The molecule has 0 fully saturated rings. The lowest BCUT2D eigenvalue weighted by Crippen LogP contribution is -2.53. The number of carbonyl (C=O) groups excluding carboxylic acids is 2. The van der Waals surface area contributed by atoms with Crippen LogP contribution < -0.4 is 9.80 Å². The molecule has 1 heterocycles. The first kappa shape index (κ1) is 23.5. The van der Waals surface area contributed by atoms with Gasteiger partial charge in [0.25, 0.3) is 5.91 Å². The second-order valence-electron chi connectivity index (χ2n) is 8.56. The topological polar surface area (TPSA) is 49.9 Å². The van der Waals surface area contributed by atoms with E-state index >= 15 is 0 Å². The van der Waals surface area contributed by atoms with Gasteiger partial charge in [0, 0.05) is 12.1 Å². The van der Waals surface area contributed by atoms with Crippen LogP contribution in [0, 0.1) is 19.7 Å². The van der Waals surface area contributed by atoms with Crippen LogP contribution in [0.1, 0.15) is 41.8 Å². The number of rotatable bonds is 4. The minimum Gasteiger partial charge on any atom is -0.449 e. The zero-order valence-corrected chi connectivity index (χ0v) is 20.0. The smallest absolute Gasteiger partial charge is 0.414 e. The van der Waals surface area contributed by atoms with Crippen LogP contribution >= 0.6 is 0 Å². The molecule has 4 rings (SSSR count). The number of aryl methyl sites for hydroxylation is 2. The summed E-state index contributed by atoms with van der Waals surface area (Å²) in [5, 5.41) is 0. The minimum atomic E-state index is -0.398. The summed E-state index contributed by atoms with van der Waals surface area (Å²) in [7, 11) is 0. The van der Waals surface area contributed by atoms with E-state index in [2.05, 4.69) is 0 Å². The van der Waals surface area contributed by atoms with Crippen molar-refractivity contribution >= 4 is 23.4 Å². The van der Waals surface area contributed by atoms with Crippen molar-refractivity contribution in [2.45, 2.75) is 40.2 Å². The van der Waals surface area contributed by atoms with E-state index in [9.17, 15) is 14.0 Å². The maximum absolute atomic E-state index is 13.7. The van der Waals surface area contributed by atoms with Gasteiger partial charge in [0.1, 0.15) is 5.82 Å². The van der Waals surface area contributed by atoms with Crippen molar-refractivity contribution in [2.75, 3.05) is 23.0 Å². The Morgan fingerprint density at radius 1 is 0.941 bits per heavy atom. The summed E-state index contributed by atoms with van der Waals surface area (Å²) in [6, 6.07) is 17.3. The third kappa shape index (κ3) is 4.40. The second kappa shape index (κ2) is 9.67. The molecule has 6 heteroatoms. The average molecular weight is 461 g/mol. The number of nitrogens with zero attached hydrogens (tertiary/aromatic N) is 2. The van der Waals surface area contributed by atoms with Gasteiger partial charge in [-0.1, -0.05) is 31.2 Å². The van der Waals surface area contributed by atoms with Crippen molar-refractivity contribution in [3.8, 4) is 11.1 Å². The van der Waals surface area contributed by atoms with Crippen LogP contribution in [-0.4, -0.2) is 31.2 Å². The highest BCUT2D eigenvalue weighted by Crippen LogP contribution is 2.39. The molecule has 0 spiro atoms.